The van der Waals surface area contributed by atoms with Gasteiger partial charge in [-0.2, -0.15) is 0 Å². The van der Waals surface area contributed by atoms with Crippen molar-refractivity contribution in [2.75, 3.05) is 0 Å². The van der Waals surface area contributed by atoms with E-state index in [1.54, 1.807) is 0 Å². The van der Waals surface area contributed by atoms with Gasteiger partial charge in [-0.3, -0.25) is 0 Å². The fourth-order valence-corrected chi connectivity index (χ4v) is 2.99. The van der Waals surface area contributed by atoms with Crippen molar-refractivity contribution in [3.05, 3.63) is 29.3 Å². The molecule has 3 heteroatoms. The van der Waals surface area contributed by atoms with E-state index in [1.165, 1.54) is 11.1 Å². The summed E-state index contributed by atoms with van der Waals surface area (Å²) in [5.41, 5.74) is 2.55. The van der Waals surface area contributed by atoms with Crippen LogP contribution in [0.3, 0.4) is 0 Å². The minimum absolute atomic E-state index is 0.920. The van der Waals surface area contributed by atoms with Gasteiger partial charge in [-0.05, 0) is 49.2 Å². The lowest BCUT2D eigenvalue weighted by molar-refractivity contribution is 0.556. The summed E-state index contributed by atoms with van der Waals surface area (Å²) in [5.74, 6) is 0.920. The Morgan fingerprint density at radius 3 is 2.20 bits per heavy atom. The van der Waals surface area contributed by atoms with E-state index in [2.05, 4.69) is 39.8 Å². The fourth-order valence-electron chi connectivity index (χ4n) is 1.38. The maximum atomic E-state index is 6.45. The maximum Gasteiger partial charge on any atom is 0.347 e. The molecule has 0 bridgehead atoms. The zero-order valence-electron chi connectivity index (χ0n) is 9.93. The summed E-state index contributed by atoms with van der Waals surface area (Å²) in [5, 5.41) is 0. The summed E-state index contributed by atoms with van der Waals surface area (Å²) >= 11 is 6.45. The van der Waals surface area contributed by atoms with Crippen molar-refractivity contribution >= 4 is 18.7 Å². The maximum absolute atomic E-state index is 6.45. The SMILES string of the molecule is CC[Si](Cl)(CC)Oc1ccc(C)c(C)c1. The first-order valence-corrected chi connectivity index (χ1v) is 8.79. The number of halogens is 1. The van der Waals surface area contributed by atoms with Crippen molar-refractivity contribution in [3.63, 3.8) is 0 Å². The summed E-state index contributed by atoms with van der Waals surface area (Å²) < 4.78 is 5.94. The van der Waals surface area contributed by atoms with Gasteiger partial charge in [0.1, 0.15) is 5.75 Å². The van der Waals surface area contributed by atoms with Crippen LogP contribution in [0.25, 0.3) is 0 Å². The van der Waals surface area contributed by atoms with Crippen LogP contribution in [-0.2, 0) is 0 Å². The molecule has 1 aromatic carbocycles. The molecular formula is C12H19ClOSi. The molecule has 0 fully saturated rings. The van der Waals surface area contributed by atoms with E-state index < -0.39 is 7.63 Å². The highest BCUT2D eigenvalue weighted by molar-refractivity contribution is 7.17. The second-order valence-corrected chi connectivity index (χ2v) is 9.39. The fraction of sp³-hybridized carbons (Fsp3) is 0.500. The zero-order valence-corrected chi connectivity index (χ0v) is 11.7. The first-order chi connectivity index (χ1) is 7.00. The Morgan fingerprint density at radius 1 is 1.13 bits per heavy atom. The Kier molecular flexibility index (Phi) is 4.23. The average Bonchev–Trinajstić information content (AvgIpc) is 2.23. The topological polar surface area (TPSA) is 9.23 Å². The van der Waals surface area contributed by atoms with Crippen molar-refractivity contribution in [3.8, 4) is 5.75 Å². The minimum Gasteiger partial charge on any atom is -0.529 e. The summed E-state index contributed by atoms with van der Waals surface area (Å²) in [6.07, 6.45) is 0. The Labute approximate surface area is 98.2 Å². The molecule has 0 amide bonds. The predicted octanol–water partition coefficient (Wildman–Crippen LogP) is 4.40. The molecule has 0 aliphatic carbocycles. The van der Waals surface area contributed by atoms with Gasteiger partial charge < -0.3 is 4.43 Å². The number of rotatable bonds is 4. The van der Waals surface area contributed by atoms with Gasteiger partial charge in [0.25, 0.3) is 0 Å². The molecule has 84 valence electrons. The molecule has 0 aromatic heterocycles. The summed E-state index contributed by atoms with van der Waals surface area (Å²) in [4.78, 5) is 0. The molecule has 0 aliphatic heterocycles. The smallest absolute Gasteiger partial charge is 0.347 e. The third kappa shape index (κ3) is 3.25. The minimum atomic E-state index is -2.01. The van der Waals surface area contributed by atoms with Gasteiger partial charge in [0.2, 0.25) is 0 Å². The van der Waals surface area contributed by atoms with Crippen LogP contribution in [0.15, 0.2) is 18.2 Å². The normalized spacial score (nSPS) is 11.5. The first kappa shape index (κ1) is 12.6. The van der Waals surface area contributed by atoms with Crippen LogP contribution in [0.5, 0.6) is 5.75 Å². The third-order valence-electron chi connectivity index (χ3n) is 2.84. The Bertz CT molecular complexity index is 334. The number of hydrogen-bond acceptors (Lipinski definition) is 1. The lowest BCUT2D eigenvalue weighted by Crippen LogP contribution is -2.33. The average molecular weight is 243 g/mol. The summed E-state index contributed by atoms with van der Waals surface area (Å²) in [6, 6.07) is 8.06. The predicted molar refractivity (Wildman–Crippen MR) is 69.1 cm³/mol. The van der Waals surface area contributed by atoms with Gasteiger partial charge in [-0.1, -0.05) is 19.9 Å². The van der Waals surface area contributed by atoms with E-state index in [9.17, 15) is 0 Å². The number of hydrogen-bond donors (Lipinski definition) is 0. The van der Waals surface area contributed by atoms with Gasteiger partial charge in [-0.15, -0.1) is 11.1 Å². The van der Waals surface area contributed by atoms with Crippen molar-refractivity contribution in [2.45, 2.75) is 39.8 Å². The van der Waals surface area contributed by atoms with Crippen molar-refractivity contribution in [2.24, 2.45) is 0 Å². The molecule has 0 aliphatic rings. The number of benzene rings is 1. The molecule has 0 unspecified atom stereocenters. The molecule has 0 heterocycles. The van der Waals surface area contributed by atoms with E-state index in [-0.39, 0.29) is 0 Å². The van der Waals surface area contributed by atoms with Crippen LogP contribution in [0.1, 0.15) is 25.0 Å². The van der Waals surface area contributed by atoms with Crippen LogP contribution >= 0.6 is 11.1 Å². The molecule has 1 nitrogen and oxygen atoms in total. The van der Waals surface area contributed by atoms with E-state index in [4.69, 9.17) is 15.5 Å². The van der Waals surface area contributed by atoms with E-state index in [0.29, 0.717) is 0 Å². The quantitative estimate of drug-likeness (QED) is 0.562. The molecule has 15 heavy (non-hydrogen) atoms. The highest BCUT2D eigenvalue weighted by Gasteiger charge is 2.30. The highest BCUT2D eigenvalue weighted by atomic mass is 35.6. The lowest BCUT2D eigenvalue weighted by atomic mass is 10.1. The standard InChI is InChI=1S/C12H19ClOSi/c1-5-15(13,6-2)14-12-8-7-10(3)11(4)9-12/h7-9H,5-6H2,1-4H3. The van der Waals surface area contributed by atoms with E-state index >= 15 is 0 Å². The van der Waals surface area contributed by atoms with Crippen LogP contribution in [-0.4, -0.2) is 7.63 Å². The van der Waals surface area contributed by atoms with Crippen molar-refractivity contribution < 1.29 is 4.43 Å². The zero-order chi connectivity index (χ0) is 11.5. The van der Waals surface area contributed by atoms with Crippen molar-refractivity contribution in [1.82, 2.24) is 0 Å². The number of aryl methyl sites for hydroxylation is 2. The van der Waals surface area contributed by atoms with Gasteiger partial charge >= 0.3 is 7.63 Å². The van der Waals surface area contributed by atoms with Crippen LogP contribution in [0.2, 0.25) is 12.1 Å². The largest absolute Gasteiger partial charge is 0.529 e. The van der Waals surface area contributed by atoms with Gasteiger partial charge in [0.15, 0.2) is 0 Å². The van der Waals surface area contributed by atoms with Crippen LogP contribution < -0.4 is 4.43 Å². The second-order valence-electron chi connectivity index (χ2n) is 3.94. The first-order valence-electron chi connectivity index (χ1n) is 5.46. The highest BCUT2D eigenvalue weighted by Crippen LogP contribution is 2.26. The van der Waals surface area contributed by atoms with Crippen molar-refractivity contribution in [1.29, 1.82) is 0 Å². The summed E-state index contributed by atoms with van der Waals surface area (Å²) in [6.45, 7) is 8.40. The van der Waals surface area contributed by atoms with Crippen LogP contribution in [0, 0.1) is 13.8 Å². The molecular weight excluding hydrogens is 224 g/mol. The van der Waals surface area contributed by atoms with E-state index in [0.717, 1.165) is 17.8 Å². The molecule has 0 atom stereocenters. The van der Waals surface area contributed by atoms with E-state index in [1.807, 2.05) is 6.07 Å². The Hall–Kier alpha value is -0.473. The van der Waals surface area contributed by atoms with Gasteiger partial charge in [0, 0.05) is 0 Å². The lowest BCUT2D eigenvalue weighted by Gasteiger charge is -2.23. The van der Waals surface area contributed by atoms with Crippen LogP contribution in [0.4, 0.5) is 0 Å². The molecule has 0 N–H and O–H groups in total. The van der Waals surface area contributed by atoms with Gasteiger partial charge in [0.05, 0.1) is 0 Å². The van der Waals surface area contributed by atoms with Gasteiger partial charge in [-0.25, -0.2) is 0 Å². The Balaban J connectivity index is 2.85. The third-order valence-corrected chi connectivity index (χ3v) is 7.38. The summed E-state index contributed by atoms with van der Waals surface area (Å²) in [7, 11) is -2.01. The molecule has 0 saturated heterocycles. The molecule has 1 aromatic rings. The Morgan fingerprint density at radius 2 is 1.73 bits per heavy atom. The monoisotopic (exact) mass is 242 g/mol. The molecule has 0 radical (unpaired) electrons. The molecule has 1 rings (SSSR count). The molecule has 0 spiro atoms. The molecule has 0 saturated carbocycles. The second kappa shape index (κ2) is 5.04.